The van der Waals surface area contributed by atoms with Gasteiger partial charge >= 0.3 is 0 Å². The quantitative estimate of drug-likeness (QED) is 0.585. The molecule has 5 rings (SSSR count). The Morgan fingerprint density at radius 3 is 2.78 bits per heavy atom. The summed E-state index contributed by atoms with van der Waals surface area (Å²) in [6.45, 7) is -0.780. The van der Waals surface area contributed by atoms with E-state index < -0.39 is 43.3 Å². The lowest BCUT2D eigenvalue weighted by Crippen LogP contribution is -2.43. The standard InChI is InChI=1S/C26H21F2N5O3/c27-26(28)11-18(12-29)33(14-26)23(34)13-32-25(36)20-6-8-30-22-4-2-16(10-21(20)22)15-1-3-19-17(9-15)5-7-31-24(19)35/h1-4,6,8-10,18H,5,7,11,13-14H2,(H,31,35)(H,32,36)/t18-/m0/s1. The molecule has 2 aliphatic heterocycles. The maximum absolute atomic E-state index is 13.7. The number of amides is 3. The second-order valence-electron chi connectivity index (χ2n) is 8.88. The van der Waals surface area contributed by atoms with Crippen LogP contribution in [0.4, 0.5) is 8.78 Å². The number of likely N-dealkylation sites (tertiary alicyclic amines) is 1. The van der Waals surface area contributed by atoms with E-state index in [1.807, 2.05) is 24.3 Å². The average molecular weight is 489 g/mol. The molecule has 1 aromatic heterocycles. The molecule has 2 aromatic carbocycles. The number of alkyl halides is 2. The van der Waals surface area contributed by atoms with Crippen molar-refractivity contribution in [3.05, 3.63) is 65.4 Å². The van der Waals surface area contributed by atoms with Gasteiger partial charge < -0.3 is 15.5 Å². The smallest absolute Gasteiger partial charge is 0.268 e. The predicted molar refractivity (Wildman–Crippen MR) is 126 cm³/mol. The van der Waals surface area contributed by atoms with Gasteiger partial charge in [0.05, 0.1) is 30.2 Å². The Kier molecular flexibility index (Phi) is 5.84. The Morgan fingerprint density at radius 1 is 1.19 bits per heavy atom. The first-order valence-corrected chi connectivity index (χ1v) is 11.4. The van der Waals surface area contributed by atoms with Crippen molar-refractivity contribution in [3.8, 4) is 17.2 Å². The molecule has 0 aliphatic carbocycles. The molecule has 8 nitrogen and oxygen atoms in total. The first-order valence-electron chi connectivity index (χ1n) is 11.4. The zero-order valence-corrected chi connectivity index (χ0v) is 19.1. The van der Waals surface area contributed by atoms with Crippen LogP contribution in [-0.2, 0) is 11.2 Å². The van der Waals surface area contributed by atoms with Gasteiger partial charge in [0, 0.05) is 30.1 Å². The van der Waals surface area contributed by atoms with Crippen LogP contribution in [0.3, 0.4) is 0 Å². The predicted octanol–water partition coefficient (Wildman–Crippen LogP) is 2.68. The highest BCUT2D eigenvalue weighted by atomic mass is 19.3. The highest BCUT2D eigenvalue weighted by Crippen LogP contribution is 2.32. The fourth-order valence-corrected chi connectivity index (χ4v) is 4.68. The van der Waals surface area contributed by atoms with Gasteiger partial charge in [-0.1, -0.05) is 18.2 Å². The van der Waals surface area contributed by atoms with Gasteiger partial charge in [-0.25, -0.2) is 8.78 Å². The molecular formula is C26H21F2N5O3. The van der Waals surface area contributed by atoms with E-state index in [1.54, 1.807) is 18.2 Å². The monoisotopic (exact) mass is 489 g/mol. The lowest BCUT2D eigenvalue weighted by atomic mass is 9.94. The number of pyridine rings is 1. The van der Waals surface area contributed by atoms with E-state index in [2.05, 4.69) is 15.6 Å². The number of hydrogen-bond acceptors (Lipinski definition) is 5. The minimum atomic E-state index is -3.13. The maximum atomic E-state index is 13.7. The first-order chi connectivity index (χ1) is 17.3. The van der Waals surface area contributed by atoms with Crippen LogP contribution in [0.15, 0.2) is 48.7 Å². The van der Waals surface area contributed by atoms with Gasteiger partial charge in [-0.3, -0.25) is 19.4 Å². The fraction of sp³-hybridized carbons (Fsp3) is 0.269. The van der Waals surface area contributed by atoms with Gasteiger partial charge in [0.1, 0.15) is 6.04 Å². The summed E-state index contributed by atoms with van der Waals surface area (Å²) >= 11 is 0. The number of halogens is 2. The van der Waals surface area contributed by atoms with Gasteiger partial charge in [-0.05, 0) is 47.4 Å². The molecule has 3 amide bonds. The third-order valence-corrected chi connectivity index (χ3v) is 6.49. The van der Waals surface area contributed by atoms with Gasteiger partial charge in [-0.15, -0.1) is 0 Å². The van der Waals surface area contributed by atoms with Gasteiger partial charge in [0.25, 0.3) is 17.7 Å². The van der Waals surface area contributed by atoms with Crippen molar-refractivity contribution in [3.63, 3.8) is 0 Å². The summed E-state index contributed by atoms with van der Waals surface area (Å²) in [7, 11) is 0. The molecule has 1 saturated heterocycles. The van der Waals surface area contributed by atoms with E-state index in [-0.39, 0.29) is 11.5 Å². The summed E-state index contributed by atoms with van der Waals surface area (Å²) in [4.78, 5) is 42.6. The van der Waals surface area contributed by atoms with Gasteiger partial charge in [0.15, 0.2) is 0 Å². The van der Waals surface area contributed by atoms with E-state index >= 15 is 0 Å². The van der Waals surface area contributed by atoms with Crippen molar-refractivity contribution < 1.29 is 23.2 Å². The van der Waals surface area contributed by atoms with Crippen LogP contribution < -0.4 is 10.6 Å². The molecule has 1 fully saturated rings. The highest BCUT2D eigenvalue weighted by Gasteiger charge is 2.47. The molecule has 0 saturated carbocycles. The molecule has 36 heavy (non-hydrogen) atoms. The first kappa shape index (κ1) is 23.4. The molecule has 0 spiro atoms. The highest BCUT2D eigenvalue weighted by molar-refractivity contribution is 6.07. The fourth-order valence-electron chi connectivity index (χ4n) is 4.68. The van der Waals surface area contributed by atoms with Crippen LogP contribution in [0.5, 0.6) is 0 Å². The van der Waals surface area contributed by atoms with E-state index in [1.165, 1.54) is 12.3 Å². The third-order valence-electron chi connectivity index (χ3n) is 6.49. The zero-order chi connectivity index (χ0) is 25.4. The summed E-state index contributed by atoms with van der Waals surface area (Å²) in [6.07, 6.45) is 1.48. The number of hydrogen-bond donors (Lipinski definition) is 2. The number of carbonyl (C=O) groups is 3. The number of benzene rings is 2. The molecule has 182 valence electrons. The van der Waals surface area contributed by atoms with Crippen molar-refractivity contribution in [2.24, 2.45) is 0 Å². The number of aromatic nitrogens is 1. The maximum Gasteiger partial charge on any atom is 0.268 e. The van der Waals surface area contributed by atoms with E-state index in [0.717, 1.165) is 28.0 Å². The Morgan fingerprint density at radius 2 is 1.97 bits per heavy atom. The Labute approximate surface area is 204 Å². The molecule has 1 atom stereocenters. The zero-order valence-electron chi connectivity index (χ0n) is 19.1. The topological polar surface area (TPSA) is 115 Å². The summed E-state index contributed by atoms with van der Waals surface area (Å²) in [5.74, 6) is -4.53. The summed E-state index contributed by atoms with van der Waals surface area (Å²) in [6, 6.07) is 13.1. The van der Waals surface area contributed by atoms with E-state index in [9.17, 15) is 23.2 Å². The summed E-state index contributed by atoms with van der Waals surface area (Å²) < 4.78 is 27.3. The Bertz CT molecular complexity index is 1450. The van der Waals surface area contributed by atoms with Gasteiger partial charge in [0.2, 0.25) is 5.91 Å². The minimum absolute atomic E-state index is 0.0993. The minimum Gasteiger partial charge on any atom is -0.352 e. The van der Waals surface area contributed by atoms with Crippen molar-refractivity contribution in [1.82, 2.24) is 20.5 Å². The number of nitrogens with one attached hydrogen (secondary N) is 2. The summed E-state index contributed by atoms with van der Waals surface area (Å²) in [5, 5.41) is 15.0. The lowest BCUT2D eigenvalue weighted by molar-refractivity contribution is -0.131. The SMILES string of the molecule is N#C[C@@H]1CC(F)(F)CN1C(=O)CNC(=O)c1ccnc2ccc(-c3ccc4c(c3)CCNC4=O)cc12. The van der Waals surface area contributed by atoms with Crippen molar-refractivity contribution >= 4 is 28.6 Å². The Balaban J connectivity index is 1.38. The number of nitriles is 1. The van der Waals surface area contributed by atoms with Crippen LogP contribution in [0.1, 0.15) is 32.7 Å². The molecule has 0 bridgehead atoms. The molecule has 3 aromatic rings. The Hall–Kier alpha value is -4.39. The number of rotatable bonds is 4. The van der Waals surface area contributed by atoms with Crippen molar-refractivity contribution in [2.45, 2.75) is 24.8 Å². The largest absolute Gasteiger partial charge is 0.352 e. The molecule has 2 N–H and O–H groups in total. The van der Waals surface area contributed by atoms with Crippen LogP contribution in [0.2, 0.25) is 0 Å². The van der Waals surface area contributed by atoms with Crippen LogP contribution in [-0.4, -0.2) is 59.2 Å². The molecule has 3 heterocycles. The van der Waals surface area contributed by atoms with Crippen LogP contribution in [0.25, 0.3) is 22.0 Å². The van der Waals surface area contributed by atoms with Crippen LogP contribution in [0, 0.1) is 11.3 Å². The summed E-state index contributed by atoms with van der Waals surface area (Å²) in [5.41, 5.74) is 4.14. The second-order valence-corrected chi connectivity index (χ2v) is 8.88. The lowest BCUT2D eigenvalue weighted by Gasteiger charge is -2.19. The van der Waals surface area contributed by atoms with E-state index in [0.29, 0.717) is 23.0 Å². The van der Waals surface area contributed by atoms with E-state index in [4.69, 9.17) is 5.26 Å². The second kappa shape index (κ2) is 9.00. The van der Waals surface area contributed by atoms with Crippen LogP contribution >= 0.6 is 0 Å². The average Bonchev–Trinajstić information content (AvgIpc) is 3.21. The number of carbonyl (C=O) groups excluding carboxylic acids is 3. The molecule has 2 aliphatic rings. The van der Waals surface area contributed by atoms with Crippen molar-refractivity contribution in [1.29, 1.82) is 5.26 Å². The molecule has 10 heteroatoms. The van der Waals surface area contributed by atoms with Crippen molar-refractivity contribution in [2.75, 3.05) is 19.6 Å². The number of fused-ring (bicyclic) bond motifs is 2. The molecular weight excluding hydrogens is 468 g/mol. The third kappa shape index (κ3) is 4.35. The van der Waals surface area contributed by atoms with Gasteiger partial charge in [-0.2, -0.15) is 5.26 Å². The number of nitrogens with zero attached hydrogens (tertiary/aromatic N) is 3. The normalized spacial score (nSPS) is 18.3. The molecule has 0 radical (unpaired) electrons. The molecule has 0 unspecified atom stereocenters.